The third kappa shape index (κ3) is 4.93. The van der Waals surface area contributed by atoms with E-state index in [4.69, 9.17) is 0 Å². The highest BCUT2D eigenvalue weighted by Gasteiger charge is 2.32. The Labute approximate surface area is 166 Å². The van der Waals surface area contributed by atoms with Gasteiger partial charge in [0.2, 0.25) is 5.91 Å². The van der Waals surface area contributed by atoms with Crippen LogP contribution in [0.15, 0.2) is 29.2 Å². The number of nitrogens with one attached hydrogen (secondary N) is 1. The summed E-state index contributed by atoms with van der Waals surface area (Å²) in [4.78, 5) is 30.2. The average Bonchev–Trinajstić information content (AvgIpc) is 2.62. The van der Waals surface area contributed by atoms with Crippen LogP contribution in [0, 0.1) is 0 Å². The minimum atomic E-state index is 0. The molecule has 2 heterocycles. The maximum atomic E-state index is 13.1. The number of thioether (sulfide) groups is 1. The van der Waals surface area contributed by atoms with Crippen molar-refractivity contribution in [2.24, 2.45) is 0 Å². The number of likely N-dealkylation sites (tertiary alicyclic amines) is 1. The molecule has 2 amide bonds. The van der Waals surface area contributed by atoms with Crippen molar-refractivity contribution in [2.75, 3.05) is 32.7 Å². The van der Waals surface area contributed by atoms with Crippen LogP contribution < -0.4 is 5.32 Å². The number of halogens is 1. The second-order valence-electron chi connectivity index (χ2n) is 6.97. The lowest BCUT2D eigenvalue weighted by Crippen LogP contribution is -2.57. The summed E-state index contributed by atoms with van der Waals surface area (Å²) in [6.07, 6.45) is 1.94. The molecular weight excluding hydrogens is 370 g/mol. The van der Waals surface area contributed by atoms with Crippen molar-refractivity contribution in [3.8, 4) is 0 Å². The van der Waals surface area contributed by atoms with Gasteiger partial charge in [-0.05, 0) is 25.0 Å². The maximum absolute atomic E-state index is 13.1. The Hall–Kier alpha value is -1.24. The van der Waals surface area contributed by atoms with Crippen LogP contribution in [0.5, 0.6) is 0 Å². The van der Waals surface area contributed by atoms with E-state index < -0.39 is 0 Å². The molecule has 2 aliphatic heterocycles. The van der Waals surface area contributed by atoms with E-state index >= 15 is 0 Å². The summed E-state index contributed by atoms with van der Waals surface area (Å²) < 4.78 is 0. The number of hydrogen-bond donors (Lipinski definition) is 1. The quantitative estimate of drug-likeness (QED) is 0.793. The summed E-state index contributed by atoms with van der Waals surface area (Å²) in [5, 5.41) is 3.55. The summed E-state index contributed by atoms with van der Waals surface area (Å²) in [7, 11) is 0. The molecule has 5 nitrogen and oxygen atoms in total. The van der Waals surface area contributed by atoms with E-state index in [0.717, 1.165) is 42.9 Å². The minimum absolute atomic E-state index is 0. The molecule has 2 aliphatic rings. The summed E-state index contributed by atoms with van der Waals surface area (Å²) in [6, 6.07) is 8.02. The third-order valence-electron chi connectivity index (χ3n) is 4.73. The van der Waals surface area contributed by atoms with Crippen LogP contribution in [0.25, 0.3) is 0 Å². The number of carbonyl (C=O) groups excluding carboxylic acids is 2. The number of benzene rings is 1. The van der Waals surface area contributed by atoms with Gasteiger partial charge in [-0.25, -0.2) is 0 Å². The Morgan fingerprint density at radius 1 is 1.27 bits per heavy atom. The molecule has 26 heavy (non-hydrogen) atoms. The average molecular weight is 398 g/mol. The van der Waals surface area contributed by atoms with Gasteiger partial charge in [-0.2, -0.15) is 0 Å². The van der Waals surface area contributed by atoms with E-state index in [1.807, 2.05) is 34.1 Å². The predicted molar refractivity (Wildman–Crippen MR) is 108 cm³/mol. The van der Waals surface area contributed by atoms with E-state index in [2.05, 4.69) is 19.2 Å². The molecule has 1 aromatic carbocycles. The molecular formula is C19H28ClN3O2S. The first-order valence-corrected chi connectivity index (χ1v) is 9.99. The molecule has 3 rings (SSSR count). The van der Waals surface area contributed by atoms with Crippen molar-refractivity contribution in [2.45, 2.75) is 42.9 Å². The highest BCUT2D eigenvalue weighted by Crippen LogP contribution is 2.28. The number of rotatable bonds is 4. The molecule has 144 valence electrons. The third-order valence-corrected chi connectivity index (χ3v) is 5.81. The van der Waals surface area contributed by atoms with Gasteiger partial charge in [-0.3, -0.25) is 9.59 Å². The Morgan fingerprint density at radius 2 is 2.04 bits per heavy atom. The maximum Gasteiger partial charge on any atom is 0.255 e. The van der Waals surface area contributed by atoms with Crippen LogP contribution in [-0.4, -0.2) is 65.6 Å². The minimum Gasteiger partial charge on any atom is -0.337 e. The molecule has 0 bridgehead atoms. The number of nitrogens with zero attached hydrogens (tertiary/aromatic N) is 2. The van der Waals surface area contributed by atoms with Crippen LogP contribution in [0.3, 0.4) is 0 Å². The van der Waals surface area contributed by atoms with Gasteiger partial charge >= 0.3 is 0 Å². The molecule has 0 saturated carbocycles. The normalized spacial score (nSPS) is 20.9. The second-order valence-corrected chi connectivity index (χ2v) is 8.59. The number of piperidine rings is 1. The fraction of sp³-hybridized carbons (Fsp3) is 0.579. The van der Waals surface area contributed by atoms with Crippen molar-refractivity contribution < 1.29 is 9.59 Å². The first kappa shape index (κ1) is 21.1. The molecule has 0 spiro atoms. The zero-order valence-corrected chi connectivity index (χ0v) is 17.1. The van der Waals surface area contributed by atoms with E-state index in [1.54, 1.807) is 11.8 Å². The lowest BCUT2D eigenvalue weighted by Gasteiger charge is -2.41. The Bertz CT molecular complexity index is 641. The smallest absolute Gasteiger partial charge is 0.255 e. The van der Waals surface area contributed by atoms with Crippen LogP contribution in [-0.2, 0) is 4.79 Å². The number of carbonyl (C=O) groups is 2. The molecule has 0 aromatic heterocycles. The monoisotopic (exact) mass is 397 g/mol. The van der Waals surface area contributed by atoms with Crippen LogP contribution in [0.4, 0.5) is 0 Å². The number of piperazine rings is 1. The summed E-state index contributed by atoms with van der Waals surface area (Å²) in [5.41, 5.74) is 0.786. The van der Waals surface area contributed by atoms with Gasteiger partial charge in [-0.15, -0.1) is 24.2 Å². The van der Waals surface area contributed by atoms with Crippen LogP contribution in [0.1, 0.15) is 37.0 Å². The molecule has 1 atom stereocenters. The molecule has 1 aromatic rings. The molecule has 7 heteroatoms. The van der Waals surface area contributed by atoms with Crippen molar-refractivity contribution in [1.82, 2.24) is 15.1 Å². The van der Waals surface area contributed by atoms with Crippen LogP contribution >= 0.6 is 24.2 Å². The first-order chi connectivity index (χ1) is 12.1. The van der Waals surface area contributed by atoms with Gasteiger partial charge in [0.25, 0.3) is 5.91 Å². The zero-order chi connectivity index (χ0) is 17.8. The van der Waals surface area contributed by atoms with Gasteiger partial charge in [0.05, 0.1) is 12.1 Å². The van der Waals surface area contributed by atoms with Gasteiger partial charge < -0.3 is 15.1 Å². The standard InChI is InChI=1S/C19H27N3O2S.ClH/c1-14(2)25-17-8-4-3-7-16(17)19(24)21-10-5-6-15(13-21)22-11-9-20-12-18(22)23;/h3-4,7-8,14-15,20H,5-6,9-13H2,1-2H3;1H. The molecule has 0 radical (unpaired) electrons. The predicted octanol–water partition coefficient (Wildman–Crippen LogP) is 2.65. The van der Waals surface area contributed by atoms with Crippen molar-refractivity contribution in [3.63, 3.8) is 0 Å². The largest absolute Gasteiger partial charge is 0.337 e. The highest BCUT2D eigenvalue weighted by molar-refractivity contribution is 8.00. The van der Waals surface area contributed by atoms with Crippen LogP contribution in [0.2, 0.25) is 0 Å². The van der Waals surface area contributed by atoms with Gasteiger partial charge in [0, 0.05) is 42.4 Å². The van der Waals surface area contributed by atoms with E-state index in [-0.39, 0.29) is 30.3 Å². The first-order valence-electron chi connectivity index (χ1n) is 9.11. The number of amides is 2. The van der Waals surface area contributed by atoms with E-state index in [0.29, 0.717) is 18.3 Å². The fourth-order valence-corrected chi connectivity index (χ4v) is 4.52. The van der Waals surface area contributed by atoms with Gasteiger partial charge in [0.15, 0.2) is 0 Å². The fourth-order valence-electron chi connectivity index (χ4n) is 3.57. The molecule has 2 fully saturated rings. The van der Waals surface area contributed by atoms with Gasteiger partial charge in [0.1, 0.15) is 0 Å². The van der Waals surface area contributed by atoms with Crippen molar-refractivity contribution in [1.29, 1.82) is 0 Å². The SMILES string of the molecule is CC(C)Sc1ccccc1C(=O)N1CCCC(N2CCNCC2=O)C1.Cl. The van der Waals surface area contributed by atoms with E-state index in [1.165, 1.54) is 0 Å². The lowest BCUT2D eigenvalue weighted by molar-refractivity contribution is -0.135. The summed E-state index contributed by atoms with van der Waals surface area (Å²) in [5.74, 6) is 0.248. The van der Waals surface area contributed by atoms with E-state index in [9.17, 15) is 9.59 Å². The lowest BCUT2D eigenvalue weighted by atomic mass is 10.0. The zero-order valence-electron chi connectivity index (χ0n) is 15.4. The molecule has 2 saturated heterocycles. The Kier molecular flexibility index (Phi) is 7.80. The topological polar surface area (TPSA) is 52.7 Å². The molecule has 0 aliphatic carbocycles. The number of hydrogen-bond acceptors (Lipinski definition) is 4. The summed E-state index contributed by atoms with van der Waals surface area (Å²) in [6.45, 7) is 7.69. The Morgan fingerprint density at radius 3 is 2.77 bits per heavy atom. The Balaban J connectivity index is 0.00000243. The summed E-state index contributed by atoms with van der Waals surface area (Å²) >= 11 is 1.73. The van der Waals surface area contributed by atoms with Crippen molar-refractivity contribution >= 4 is 36.0 Å². The second kappa shape index (κ2) is 9.62. The molecule has 1 unspecified atom stereocenters. The van der Waals surface area contributed by atoms with Gasteiger partial charge in [-0.1, -0.05) is 26.0 Å². The van der Waals surface area contributed by atoms with Crippen molar-refractivity contribution in [3.05, 3.63) is 29.8 Å². The molecule has 1 N–H and O–H groups in total. The highest BCUT2D eigenvalue weighted by atomic mass is 35.5.